The van der Waals surface area contributed by atoms with Crippen LogP contribution >= 0.6 is 23.2 Å². The van der Waals surface area contributed by atoms with Crippen molar-refractivity contribution < 1.29 is 33.6 Å². The third-order valence-corrected chi connectivity index (χ3v) is 5.59. The third-order valence-electron chi connectivity index (χ3n) is 4.93. The maximum absolute atomic E-state index is 12.5. The molecule has 1 aliphatic carbocycles. The number of benzene rings is 1. The zero-order chi connectivity index (χ0) is 19.6. The normalized spacial score (nSPS) is 19.2. The summed E-state index contributed by atoms with van der Waals surface area (Å²) in [4.78, 5) is 24.1. The van der Waals surface area contributed by atoms with Gasteiger partial charge in [0.05, 0.1) is 30.9 Å². The molecule has 9 heteroatoms. The number of hydrogen-bond acceptors (Lipinski definition) is 7. The Labute approximate surface area is 166 Å². The van der Waals surface area contributed by atoms with Crippen LogP contribution in [0.4, 0.5) is 0 Å². The van der Waals surface area contributed by atoms with Crippen LogP contribution in [0.3, 0.4) is 0 Å². The van der Waals surface area contributed by atoms with E-state index in [1.165, 1.54) is 13.2 Å². The Kier molecular flexibility index (Phi) is 6.15. The second kappa shape index (κ2) is 8.22. The van der Waals surface area contributed by atoms with Crippen molar-refractivity contribution in [2.75, 3.05) is 26.9 Å². The van der Waals surface area contributed by atoms with E-state index in [-0.39, 0.29) is 39.7 Å². The van der Waals surface area contributed by atoms with Crippen molar-refractivity contribution in [2.24, 2.45) is 5.92 Å². The zero-order valence-electron chi connectivity index (χ0n) is 14.8. The van der Waals surface area contributed by atoms with E-state index in [0.717, 1.165) is 0 Å². The number of aromatic hydroxyl groups is 1. The molecule has 1 aromatic rings. The summed E-state index contributed by atoms with van der Waals surface area (Å²) in [6.07, 6.45) is 2.61. The van der Waals surface area contributed by atoms with Crippen LogP contribution in [0.5, 0.6) is 11.5 Å². The number of ether oxygens (including phenoxy) is 4. The molecule has 2 aliphatic rings. The van der Waals surface area contributed by atoms with Crippen LogP contribution in [0, 0.1) is 5.92 Å². The SMILES string of the molecule is COC(=O)c1cc(Cl)c(OCC(=O)C2CCC3(CC2)OCCO3)c(O)c1Cl. The molecule has 27 heavy (non-hydrogen) atoms. The molecule has 1 saturated carbocycles. The molecule has 1 aliphatic heterocycles. The third kappa shape index (κ3) is 4.16. The molecule has 1 aromatic carbocycles. The maximum atomic E-state index is 12.5. The van der Waals surface area contributed by atoms with E-state index in [1.807, 2.05) is 0 Å². The number of esters is 1. The number of rotatable bonds is 5. The first-order valence-corrected chi connectivity index (χ1v) is 9.35. The fraction of sp³-hybridized carbons (Fsp3) is 0.556. The molecule has 1 N–H and O–H groups in total. The van der Waals surface area contributed by atoms with Crippen LogP contribution in [0.25, 0.3) is 0 Å². The van der Waals surface area contributed by atoms with Gasteiger partial charge in [-0.2, -0.15) is 0 Å². The fourth-order valence-corrected chi connectivity index (χ4v) is 3.89. The van der Waals surface area contributed by atoms with Gasteiger partial charge >= 0.3 is 5.97 Å². The van der Waals surface area contributed by atoms with Crippen LogP contribution in [0.15, 0.2) is 6.07 Å². The van der Waals surface area contributed by atoms with Gasteiger partial charge < -0.3 is 24.1 Å². The Balaban J connectivity index is 1.62. The van der Waals surface area contributed by atoms with E-state index in [9.17, 15) is 14.7 Å². The molecule has 1 heterocycles. The number of phenolic OH excluding ortho intramolecular Hbond substituents is 1. The van der Waals surface area contributed by atoms with Crippen molar-refractivity contribution in [3.8, 4) is 11.5 Å². The van der Waals surface area contributed by atoms with Crippen molar-refractivity contribution in [2.45, 2.75) is 31.5 Å². The van der Waals surface area contributed by atoms with E-state index in [2.05, 4.69) is 4.74 Å². The standard InChI is InChI=1S/C18H20Cl2O7/c1-24-17(23)11-8-12(19)16(15(22)14(11)20)25-9-13(21)10-2-4-18(5-3-10)26-6-7-27-18/h8,10,22H,2-7,9H2,1H3. The van der Waals surface area contributed by atoms with Crippen LogP contribution in [0.1, 0.15) is 36.0 Å². The molecule has 3 rings (SSSR count). The minimum absolute atomic E-state index is 0.0412. The summed E-state index contributed by atoms with van der Waals surface area (Å²) in [7, 11) is 1.18. The molecule has 0 radical (unpaired) electrons. The van der Waals surface area contributed by atoms with Gasteiger partial charge in [-0.1, -0.05) is 23.2 Å². The van der Waals surface area contributed by atoms with Crippen molar-refractivity contribution in [1.29, 1.82) is 0 Å². The van der Waals surface area contributed by atoms with Crippen molar-refractivity contribution in [3.05, 3.63) is 21.7 Å². The highest BCUT2D eigenvalue weighted by Gasteiger charge is 2.41. The summed E-state index contributed by atoms with van der Waals surface area (Å²) in [6, 6.07) is 1.23. The minimum Gasteiger partial charge on any atom is -0.503 e. The molecule has 7 nitrogen and oxygen atoms in total. The molecule has 148 valence electrons. The predicted molar refractivity (Wildman–Crippen MR) is 96.6 cm³/mol. The van der Waals surface area contributed by atoms with Gasteiger partial charge in [0.2, 0.25) is 0 Å². The number of Topliss-reactive ketones (excluding diaryl/α,β-unsaturated/α-hetero) is 1. The van der Waals surface area contributed by atoms with Gasteiger partial charge in [-0.3, -0.25) is 4.79 Å². The number of phenols is 1. The van der Waals surface area contributed by atoms with Gasteiger partial charge in [0.25, 0.3) is 0 Å². The van der Waals surface area contributed by atoms with E-state index < -0.39 is 17.5 Å². The molecule has 0 bridgehead atoms. The summed E-state index contributed by atoms with van der Waals surface area (Å²) in [5.41, 5.74) is -0.0884. The van der Waals surface area contributed by atoms with E-state index in [1.54, 1.807) is 0 Å². The van der Waals surface area contributed by atoms with Crippen molar-refractivity contribution in [1.82, 2.24) is 0 Å². The lowest BCUT2D eigenvalue weighted by Crippen LogP contribution is -2.38. The van der Waals surface area contributed by atoms with Gasteiger partial charge in [0.1, 0.15) is 11.6 Å². The molecule has 0 atom stereocenters. The van der Waals surface area contributed by atoms with Crippen LogP contribution in [-0.2, 0) is 19.0 Å². The van der Waals surface area contributed by atoms with Gasteiger partial charge in [0, 0.05) is 18.8 Å². The Morgan fingerprint density at radius 1 is 1.26 bits per heavy atom. The topological polar surface area (TPSA) is 91.3 Å². The summed E-state index contributed by atoms with van der Waals surface area (Å²) in [5, 5.41) is 9.89. The van der Waals surface area contributed by atoms with Crippen LogP contribution in [-0.4, -0.2) is 49.6 Å². The Morgan fingerprint density at radius 2 is 1.89 bits per heavy atom. The monoisotopic (exact) mass is 418 g/mol. The summed E-state index contributed by atoms with van der Waals surface area (Å²) in [5.74, 6) is -2.20. The van der Waals surface area contributed by atoms with Crippen LogP contribution < -0.4 is 4.74 Å². The van der Waals surface area contributed by atoms with Gasteiger partial charge in [-0.25, -0.2) is 4.79 Å². The summed E-state index contributed by atoms with van der Waals surface area (Å²) in [6.45, 7) is 0.907. The minimum atomic E-state index is -0.743. The molecule has 1 saturated heterocycles. The number of halogens is 2. The molecule has 0 amide bonds. The highest BCUT2D eigenvalue weighted by molar-refractivity contribution is 6.38. The van der Waals surface area contributed by atoms with E-state index in [4.69, 9.17) is 37.4 Å². The lowest BCUT2D eigenvalue weighted by atomic mass is 9.83. The quantitative estimate of drug-likeness (QED) is 0.732. The number of ketones is 1. The fourth-order valence-electron chi connectivity index (χ4n) is 3.42. The molecule has 0 aromatic heterocycles. The number of methoxy groups -OCH3 is 1. The van der Waals surface area contributed by atoms with Gasteiger partial charge in [-0.15, -0.1) is 0 Å². The highest BCUT2D eigenvalue weighted by atomic mass is 35.5. The summed E-state index contributed by atoms with van der Waals surface area (Å²) >= 11 is 12.0. The maximum Gasteiger partial charge on any atom is 0.339 e. The van der Waals surface area contributed by atoms with Gasteiger partial charge in [0.15, 0.2) is 23.1 Å². The first kappa shape index (κ1) is 20.2. The molecular formula is C18H20Cl2O7. The lowest BCUT2D eigenvalue weighted by molar-refractivity contribution is -0.183. The molecular weight excluding hydrogens is 399 g/mol. The van der Waals surface area contributed by atoms with Crippen LogP contribution in [0.2, 0.25) is 10.0 Å². The predicted octanol–water partition coefficient (Wildman–Crippen LogP) is 3.37. The van der Waals surface area contributed by atoms with Crippen molar-refractivity contribution in [3.63, 3.8) is 0 Å². The van der Waals surface area contributed by atoms with E-state index in [0.29, 0.717) is 38.9 Å². The Bertz CT molecular complexity index is 734. The average molecular weight is 419 g/mol. The number of hydrogen-bond donors (Lipinski definition) is 1. The lowest BCUT2D eigenvalue weighted by Gasteiger charge is -2.34. The largest absolute Gasteiger partial charge is 0.503 e. The molecule has 1 spiro atoms. The highest BCUT2D eigenvalue weighted by Crippen LogP contribution is 2.43. The van der Waals surface area contributed by atoms with Gasteiger partial charge in [-0.05, 0) is 18.9 Å². The van der Waals surface area contributed by atoms with E-state index >= 15 is 0 Å². The second-order valence-electron chi connectivity index (χ2n) is 6.53. The average Bonchev–Trinajstić information content (AvgIpc) is 3.12. The Hall–Kier alpha value is -1.54. The zero-order valence-corrected chi connectivity index (χ0v) is 16.3. The second-order valence-corrected chi connectivity index (χ2v) is 7.31. The summed E-state index contributed by atoms with van der Waals surface area (Å²) < 4.78 is 21.3. The molecule has 2 fully saturated rings. The first-order valence-electron chi connectivity index (χ1n) is 8.59. The number of carbonyl (C=O) groups excluding carboxylic acids is 2. The smallest absolute Gasteiger partial charge is 0.339 e. The molecule has 0 unspecified atom stereocenters. The Morgan fingerprint density at radius 3 is 2.48 bits per heavy atom. The number of carbonyl (C=O) groups is 2. The van der Waals surface area contributed by atoms with Crippen molar-refractivity contribution >= 4 is 35.0 Å². The first-order chi connectivity index (χ1) is 12.9.